The second kappa shape index (κ2) is 7.07. The van der Waals surface area contributed by atoms with Crippen LogP contribution >= 0.6 is 0 Å². The molecule has 0 radical (unpaired) electrons. The number of hydrogen-bond donors (Lipinski definition) is 0. The number of ether oxygens (including phenoxy) is 2. The Bertz CT molecular complexity index is 303. The van der Waals surface area contributed by atoms with Gasteiger partial charge in [-0.05, 0) is 30.0 Å². The van der Waals surface area contributed by atoms with E-state index in [0.717, 1.165) is 18.8 Å². The van der Waals surface area contributed by atoms with E-state index in [2.05, 4.69) is 13.5 Å². The molecule has 0 N–H and O–H groups in total. The van der Waals surface area contributed by atoms with Crippen LogP contribution in [0.2, 0.25) is 0 Å². The molecule has 16 heavy (non-hydrogen) atoms. The van der Waals surface area contributed by atoms with Crippen molar-refractivity contribution in [2.45, 2.75) is 20.0 Å². The van der Waals surface area contributed by atoms with Gasteiger partial charge in [0, 0.05) is 0 Å². The van der Waals surface area contributed by atoms with E-state index >= 15 is 0 Å². The summed E-state index contributed by atoms with van der Waals surface area (Å²) in [5.74, 6) is 1.33. The van der Waals surface area contributed by atoms with Crippen LogP contribution in [0.25, 0.3) is 0 Å². The Hall–Kier alpha value is -1.28. The Balaban J connectivity index is 2.34. The molecule has 0 spiro atoms. The predicted molar refractivity (Wildman–Crippen MR) is 66.6 cm³/mol. The molecule has 1 atom stereocenters. The summed E-state index contributed by atoms with van der Waals surface area (Å²) in [7, 11) is 1.67. The molecule has 0 fully saturated rings. The molecule has 2 nitrogen and oxygen atoms in total. The topological polar surface area (TPSA) is 18.5 Å². The Morgan fingerprint density at radius 2 is 2.00 bits per heavy atom. The van der Waals surface area contributed by atoms with E-state index in [1.807, 2.05) is 30.3 Å². The largest absolute Gasteiger partial charge is 0.497 e. The first-order valence-corrected chi connectivity index (χ1v) is 5.63. The van der Waals surface area contributed by atoms with Gasteiger partial charge in [-0.15, -0.1) is 6.58 Å². The Morgan fingerprint density at radius 1 is 1.31 bits per heavy atom. The minimum absolute atomic E-state index is 0.457. The van der Waals surface area contributed by atoms with Crippen LogP contribution in [0.5, 0.6) is 5.75 Å². The summed E-state index contributed by atoms with van der Waals surface area (Å²) in [4.78, 5) is 0. The summed E-state index contributed by atoms with van der Waals surface area (Å²) in [6, 6.07) is 7.94. The van der Waals surface area contributed by atoms with Crippen LogP contribution in [-0.4, -0.2) is 13.7 Å². The lowest BCUT2D eigenvalue weighted by Crippen LogP contribution is -2.05. The van der Waals surface area contributed by atoms with Gasteiger partial charge in [-0.3, -0.25) is 0 Å². The smallest absolute Gasteiger partial charge is 0.118 e. The standard InChI is InChI=1S/C14H20O2/c1-4-12(5-2)10-16-11-13-6-8-14(15-3)9-7-13/h4,6-9,12H,1,5,10-11H2,2-3H3. The molecule has 88 valence electrons. The zero-order valence-corrected chi connectivity index (χ0v) is 10.1. The maximum Gasteiger partial charge on any atom is 0.118 e. The van der Waals surface area contributed by atoms with E-state index in [9.17, 15) is 0 Å². The van der Waals surface area contributed by atoms with Crippen molar-refractivity contribution < 1.29 is 9.47 Å². The zero-order valence-electron chi connectivity index (χ0n) is 10.1. The summed E-state index contributed by atoms with van der Waals surface area (Å²) in [6.07, 6.45) is 3.03. The van der Waals surface area contributed by atoms with Crippen LogP contribution in [0.15, 0.2) is 36.9 Å². The number of rotatable bonds is 7. The minimum atomic E-state index is 0.457. The lowest BCUT2D eigenvalue weighted by atomic mass is 10.1. The highest BCUT2D eigenvalue weighted by atomic mass is 16.5. The molecule has 0 aliphatic rings. The highest BCUT2D eigenvalue weighted by molar-refractivity contribution is 5.26. The lowest BCUT2D eigenvalue weighted by molar-refractivity contribution is 0.0986. The predicted octanol–water partition coefficient (Wildman–Crippen LogP) is 3.42. The van der Waals surface area contributed by atoms with Crippen molar-refractivity contribution in [3.63, 3.8) is 0 Å². The second-order valence-corrected chi connectivity index (χ2v) is 3.77. The third kappa shape index (κ3) is 4.07. The fourth-order valence-corrected chi connectivity index (χ4v) is 1.40. The third-order valence-electron chi connectivity index (χ3n) is 2.62. The van der Waals surface area contributed by atoms with Crippen LogP contribution in [0.3, 0.4) is 0 Å². The second-order valence-electron chi connectivity index (χ2n) is 3.77. The fourth-order valence-electron chi connectivity index (χ4n) is 1.40. The van der Waals surface area contributed by atoms with Gasteiger partial charge >= 0.3 is 0 Å². The highest BCUT2D eigenvalue weighted by Crippen LogP contribution is 2.12. The Labute approximate surface area is 97.9 Å². The SMILES string of the molecule is C=CC(CC)COCc1ccc(OC)cc1. The molecule has 1 aromatic carbocycles. The number of hydrogen-bond acceptors (Lipinski definition) is 2. The molecule has 0 aliphatic carbocycles. The van der Waals surface area contributed by atoms with Gasteiger partial charge in [0.05, 0.1) is 20.3 Å². The van der Waals surface area contributed by atoms with E-state index in [-0.39, 0.29) is 0 Å². The van der Waals surface area contributed by atoms with Crippen LogP contribution < -0.4 is 4.74 Å². The average Bonchev–Trinajstić information content (AvgIpc) is 2.35. The number of benzene rings is 1. The fraction of sp³-hybridized carbons (Fsp3) is 0.429. The minimum Gasteiger partial charge on any atom is -0.497 e. The van der Waals surface area contributed by atoms with Crippen molar-refractivity contribution >= 4 is 0 Å². The van der Waals surface area contributed by atoms with Gasteiger partial charge < -0.3 is 9.47 Å². The first kappa shape index (κ1) is 12.8. The first-order chi connectivity index (χ1) is 7.80. The van der Waals surface area contributed by atoms with Crippen LogP contribution in [-0.2, 0) is 11.3 Å². The quantitative estimate of drug-likeness (QED) is 0.655. The van der Waals surface area contributed by atoms with Gasteiger partial charge in [0.2, 0.25) is 0 Å². The van der Waals surface area contributed by atoms with Crippen LogP contribution in [0.4, 0.5) is 0 Å². The molecule has 0 saturated carbocycles. The molecule has 1 rings (SSSR count). The van der Waals surface area contributed by atoms with E-state index in [1.54, 1.807) is 7.11 Å². The van der Waals surface area contributed by atoms with Crippen LogP contribution in [0, 0.1) is 5.92 Å². The van der Waals surface area contributed by atoms with Gasteiger partial charge in [0.15, 0.2) is 0 Å². The lowest BCUT2D eigenvalue weighted by Gasteiger charge is -2.10. The van der Waals surface area contributed by atoms with E-state index in [0.29, 0.717) is 12.5 Å². The zero-order chi connectivity index (χ0) is 11.8. The first-order valence-electron chi connectivity index (χ1n) is 5.63. The van der Waals surface area contributed by atoms with Crippen LogP contribution in [0.1, 0.15) is 18.9 Å². The molecular formula is C14H20O2. The Morgan fingerprint density at radius 3 is 2.50 bits per heavy atom. The molecule has 0 heterocycles. The molecule has 0 saturated heterocycles. The van der Waals surface area contributed by atoms with Crippen molar-refractivity contribution in [3.8, 4) is 5.75 Å². The molecule has 0 bridgehead atoms. The molecular weight excluding hydrogens is 200 g/mol. The van der Waals surface area contributed by atoms with Crippen molar-refractivity contribution in [1.82, 2.24) is 0 Å². The van der Waals surface area contributed by atoms with Gasteiger partial charge in [-0.1, -0.05) is 25.1 Å². The van der Waals surface area contributed by atoms with Gasteiger partial charge in [0.1, 0.15) is 5.75 Å². The van der Waals surface area contributed by atoms with Crippen molar-refractivity contribution in [2.24, 2.45) is 5.92 Å². The van der Waals surface area contributed by atoms with Crippen molar-refractivity contribution in [1.29, 1.82) is 0 Å². The summed E-state index contributed by atoms with van der Waals surface area (Å²) in [5.41, 5.74) is 1.17. The average molecular weight is 220 g/mol. The molecule has 1 unspecified atom stereocenters. The summed E-state index contributed by atoms with van der Waals surface area (Å²) < 4.78 is 10.7. The molecule has 1 aromatic rings. The molecule has 2 heteroatoms. The summed E-state index contributed by atoms with van der Waals surface area (Å²) in [5, 5.41) is 0. The van der Waals surface area contributed by atoms with Crippen molar-refractivity contribution in [2.75, 3.05) is 13.7 Å². The summed E-state index contributed by atoms with van der Waals surface area (Å²) in [6.45, 7) is 7.31. The normalized spacial score (nSPS) is 12.1. The Kier molecular flexibility index (Phi) is 5.65. The maximum atomic E-state index is 5.63. The van der Waals surface area contributed by atoms with Gasteiger partial charge in [-0.2, -0.15) is 0 Å². The van der Waals surface area contributed by atoms with Crippen molar-refractivity contribution in [3.05, 3.63) is 42.5 Å². The monoisotopic (exact) mass is 220 g/mol. The molecule has 0 aliphatic heterocycles. The van der Waals surface area contributed by atoms with E-state index in [4.69, 9.17) is 9.47 Å². The maximum absolute atomic E-state index is 5.63. The molecule has 0 amide bonds. The number of methoxy groups -OCH3 is 1. The summed E-state index contributed by atoms with van der Waals surface area (Å²) >= 11 is 0. The van der Waals surface area contributed by atoms with Gasteiger partial charge in [0.25, 0.3) is 0 Å². The third-order valence-corrected chi connectivity index (χ3v) is 2.62. The van der Waals surface area contributed by atoms with Gasteiger partial charge in [-0.25, -0.2) is 0 Å². The van der Waals surface area contributed by atoms with E-state index < -0.39 is 0 Å². The van der Waals surface area contributed by atoms with E-state index in [1.165, 1.54) is 5.56 Å². The molecule has 0 aromatic heterocycles. The highest BCUT2D eigenvalue weighted by Gasteiger charge is 2.01.